The van der Waals surface area contributed by atoms with Crippen LogP contribution in [-0.2, 0) is 9.53 Å². The molecule has 0 unspecified atom stereocenters. The van der Waals surface area contributed by atoms with Gasteiger partial charge in [0.05, 0.1) is 12.8 Å². The molecule has 0 aromatic rings. The summed E-state index contributed by atoms with van der Waals surface area (Å²) < 4.78 is 2.26. The first-order valence-corrected chi connectivity index (χ1v) is 4.03. The highest BCUT2D eigenvalue weighted by Crippen LogP contribution is 2.33. The summed E-state index contributed by atoms with van der Waals surface area (Å²) in [6.45, 7) is 0. The largest absolute Gasteiger partial charge is 0.465 e. The predicted octanol–water partition coefficient (Wildman–Crippen LogP) is 1.27. The second-order valence-electron chi connectivity index (χ2n) is 1.89. The molecule has 0 rings (SSSR count). The molecule has 4 nitrogen and oxygen atoms in total. The molecule has 0 aliphatic rings. The van der Waals surface area contributed by atoms with E-state index in [1.165, 1.54) is 6.07 Å². The van der Waals surface area contributed by atoms with E-state index in [0.717, 1.165) is 7.11 Å². The van der Waals surface area contributed by atoms with E-state index in [1.807, 2.05) is 0 Å². The topological polar surface area (TPSA) is 76.1 Å². The number of carbonyl (C=O) groups excluding carboxylic acids is 1. The molecule has 0 radical (unpaired) electrons. The number of nitrogens with two attached hydrogens (primary N) is 1. The Balaban J connectivity index is 5.18. The summed E-state index contributed by atoms with van der Waals surface area (Å²) in [6, 6.07) is 1.49. The molecule has 0 bridgehead atoms. The molecular formula is C6H5Cl3N2O2. The molecule has 0 saturated carbocycles. The molecule has 0 aromatic carbocycles. The van der Waals surface area contributed by atoms with Crippen LogP contribution < -0.4 is 5.73 Å². The first kappa shape index (κ1) is 12.4. The van der Waals surface area contributed by atoms with Crippen molar-refractivity contribution in [3.8, 4) is 6.07 Å². The minimum absolute atomic E-state index is 0.452. The van der Waals surface area contributed by atoms with Gasteiger partial charge in [-0.3, -0.25) is 0 Å². The fourth-order valence-corrected chi connectivity index (χ4v) is 0.743. The maximum absolute atomic E-state index is 10.9. The number of nitrogens with zero attached hydrogens (tertiary/aromatic N) is 1. The Labute approximate surface area is 89.8 Å². The smallest absolute Gasteiger partial charge is 0.350 e. The van der Waals surface area contributed by atoms with Gasteiger partial charge in [0.1, 0.15) is 6.07 Å². The third-order valence-corrected chi connectivity index (χ3v) is 1.69. The van der Waals surface area contributed by atoms with Crippen molar-refractivity contribution < 1.29 is 9.53 Å². The fourth-order valence-electron chi connectivity index (χ4n) is 0.460. The van der Waals surface area contributed by atoms with E-state index >= 15 is 0 Å². The van der Waals surface area contributed by atoms with Crippen molar-refractivity contribution in [3.63, 3.8) is 0 Å². The summed E-state index contributed by atoms with van der Waals surface area (Å²) in [4.78, 5) is 10.9. The van der Waals surface area contributed by atoms with Crippen LogP contribution in [0.15, 0.2) is 11.3 Å². The normalized spacial score (nSPS) is 12.8. The number of ether oxygens (including phenoxy) is 1. The summed E-state index contributed by atoms with van der Waals surface area (Å²) in [6.07, 6.45) is 0. The number of methoxy groups -OCH3 is 1. The molecule has 2 N–H and O–H groups in total. The second-order valence-corrected chi connectivity index (χ2v) is 4.17. The van der Waals surface area contributed by atoms with Gasteiger partial charge in [-0.05, 0) is 0 Å². The lowest BCUT2D eigenvalue weighted by molar-refractivity contribution is -0.135. The van der Waals surface area contributed by atoms with E-state index in [1.54, 1.807) is 0 Å². The van der Waals surface area contributed by atoms with E-state index in [2.05, 4.69) is 4.74 Å². The summed E-state index contributed by atoms with van der Waals surface area (Å²) in [5.41, 5.74) is 4.28. The summed E-state index contributed by atoms with van der Waals surface area (Å²) in [5, 5.41) is 8.50. The van der Waals surface area contributed by atoms with Gasteiger partial charge in [0.25, 0.3) is 0 Å². The van der Waals surface area contributed by atoms with Crippen LogP contribution in [0.1, 0.15) is 0 Å². The Morgan fingerprint density at radius 2 is 2.00 bits per heavy atom. The second kappa shape index (κ2) is 4.56. The molecule has 0 saturated heterocycles. The van der Waals surface area contributed by atoms with Gasteiger partial charge in [0.2, 0.25) is 3.79 Å². The van der Waals surface area contributed by atoms with Crippen LogP contribution in [0.5, 0.6) is 0 Å². The summed E-state index contributed by atoms with van der Waals surface area (Å²) >= 11 is 16.0. The van der Waals surface area contributed by atoms with Crippen LogP contribution in [0, 0.1) is 11.3 Å². The van der Waals surface area contributed by atoms with E-state index in [9.17, 15) is 4.79 Å². The number of hydrogen-bond donors (Lipinski definition) is 1. The fraction of sp³-hybridized carbons (Fsp3) is 0.333. The Hall–Kier alpha value is -0.630. The Kier molecular flexibility index (Phi) is 4.34. The summed E-state index contributed by atoms with van der Waals surface area (Å²) in [7, 11) is 1.09. The first-order valence-electron chi connectivity index (χ1n) is 2.90. The lowest BCUT2D eigenvalue weighted by Crippen LogP contribution is -2.22. The van der Waals surface area contributed by atoms with Crippen molar-refractivity contribution in [2.45, 2.75) is 3.79 Å². The molecule has 13 heavy (non-hydrogen) atoms. The minimum Gasteiger partial charge on any atom is -0.465 e. The maximum atomic E-state index is 10.9. The number of carbonyl (C=O) groups is 1. The van der Waals surface area contributed by atoms with Crippen LogP contribution in [0.2, 0.25) is 0 Å². The molecule has 72 valence electrons. The highest BCUT2D eigenvalue weighted by atomic mass is 35.6. The first-order chi connectivity index (χ1) is 5.84. The monoisotopic (exact) mass is 242 g/mol. The average molecular weight is 243 g/mol. The molecule has 0 aromatic heterocycles. The molecule has 0 aliphatic heterocycles. The molecule has 0 heterocycles. The maximum Gasteiger partial charge on any atom is 0.350 e. The molecule has 7 heteroatoms. The predicted molar refractivity (Wildman–Crippen MR) is 49.1 cm³/mol. The quantitative estimate of drug-likeness (QED) is 0.326. The average Bonchev–Trinajstić information content (AvgIpc) is 2.03. The van der Waals surface area contributed by atoms with Gasteiger partial charge in [-0.25, -0.2) is 4.79 Å². The number of halogens is 3. The van der Waals surface area contributed by atoms with Crippen molar-refractivity contribution in [3.05, 3.63) is 11.3 Å². The van der Waals surface area contributed by atoms with Gasteiger partial charge in [0, 0.05) is 0 Å². The summed E-state index contributed by atoms with van der Waals surface area (Å²) in [5.74, 6) is -0.939. The van der Waals surface area contributed by atoms with Crippen molar-refractivity contribution in [1.82, 2.24) is 0 Å². The SMILES string of the molecule is COC(=O)/C(C#N)=C(\N)C(Cl)(Cl)Cl. The van der Waals surface area contributed by atoms with E-state index in [-0.39, 0.29) is 0 Å². The van der Waals surface area contributed by atoms with Gasteiger partial charge >= 0.3 is 5.97 Å². The van der Waals surface area contributed by atoms with Gasteiger partial charge in [-0.1, -0.05) is 34.8 Å². The molecule has 0 amide bonds. The lowest BCUT2D eigenvalue weighted by Gasteiger charge is -2.11. The number of alkyl halides is 3. The van der Waals surface area contributed by atoms with Gasteiger partial charge in [-0.15, -0.1) is 0 Å². The van der Waals surface area contributed by atoms with Crippen molar-refractivity contribution >= 4 is 40.8 Å². The number of rotatable bonds is 1. The number of hydrogen-bond acceptors (Lipinski definition) is 4. The molecule has 0 aliphatic carbocycles. The Morgan fingerprint density at radius 1 is 1.54 bits per heavy atom. The van der Waals surface area contributed by atoms with Crippen LogP contribution in [0.3, 0.4) is 0 Å². The van der Waals surface area contributed by atoms with Crippen LogP contribution in [0.4, 0.5) is 0 Å². The van der Waals surface area contributed by atoms with Crippen molar-refractivity contribution in [2.24, 2.45) is 5.73 Å². The molecule has 0 atom stereocenters. The standard InChI is InChI=1S/C6H5Cl3N2O2/c1-13-5(12)3(2-10)4(11)6(7,8)9/h11H2,1H3/b4-3-. The number of allylic oxidation sites excluding steroid dienone is 1. The lowest BCUT2D eigenvalue weighted by atomic mass is 10.2. The van der Waals surface area contributed by atoms with Gasteiger partial charge in [0.15, 0.2) is 5.57 Å². The van der Waals surface area contributed by atoms with Crippen LogP contribution in [0.25, 0.3) is 0 Å². The highest BCUT2D eigenvalue weighted by molar-refractivity contribution is 6.69. The van der Waals surface area contributed by atoms with Crippen molar-refractivity contribution in [1.29, 1.82) is 5.26 Å². The molecule has 0 fully saturated rings. The Bertz CT molecular complexity index is 287. The van der Waals surface area contributed by atoms with Gasteiger partial charge < -0.3 is 10.5 Å². The molecular weight excluding hydrogens is 238 g/mol. The molecule has 0 spiro atoms. The van der Waals surface area contributed by atoms with Crippen LogP contribution >= 0.6 is 34.8 Å². The van der Waals surface area contributed by atoms with Gasteiger partial charge in [-0.2, -0.15) is 5.26 Å². The zero-order valence-corrected chi connectivity index (χ0v) is 8.74. The Morgan fingerprint density at radius 3 is 2.23 bits per heavy atom. The zero-order valence-electron chi connectivity index (χ0n) is 6.47. The van der Waals surface area contributed by atoms with E-state index in [0.29, 0.717) is 0 Å². The number of esters is 1. The minimum atomic E-state index is -1.99. The van der Waals surface area contributed by atoms with E-state index in [4.69, 9.17) is 45.8 Å². The van der Waals surface area contributed by atoms with Crippen LogP contribution in [-0.4, -0.2) is 16.9 Å². The third kappa shape index (κ3) is 3.31. The third-order valence-electron chi connectivity index (χ3n) is 1.08. The van der Waals surface area contributed by atoms with Crippen molar-refractivity contribution in [2.75, 3.05) is 7.11 Å². The highest BCUT2D eigenvalue weighted by Gasteiger charge is 2.30. The zero-order chi connectivity index (χ0) is 10.6. The van der Waals surface area contributed by atoms with E-state index < -0.39 is 21.0 Å². The number of nitriles is 1.